The van der Waals surface area contributed by atoms with Crippen molar-refractivity contribution >= 4 is 11.8 Å². The van der Waals surface area contributed by atoms with Crippen molar-refractivity contribution in [3.8, 4) is 0 Å². The number of rotatable bonds is 3. The third-order valence-corrected chi connectivity index (χ3v) is 1.48. The van der Waals surface area contributed by atoms with Crippen LogP contribution in [-0.2, 0) is 11.2 Å². The minimum Gasteiger partial charge on any atom is -0.481 e. The number of aryl methyl sites for hydroxylation is 2. The number of hydrogen-bond donors (Lipinski definition) is 2. The van der Waals surface area contributed by atoms with Crippen LogP contribution in [0.1, 0.15) is 17.9 Å². The molecule has 0 fully saturated rings. The van der Waals surface area contributed by atoms with E-state index in [1.807, 2.05) is 0 Å². The lowest BCUT2D eigenvalue weighted by atomic mass is 10.3. The molecule has 1 aromatic heterocycles. The van der Waals surface area contributed by atoms with Crippen molar-refractivity contribution in [3.05, 3.63) is 17.6 Å². The van der Waals surface area contributed by atoms with Crippen molar-refractivity contribution in [2.75, 3.05) is 5.73 Å². The van der Waals surface area contributed by atoms with Gasteiger partial charge in [-0.25, -0.2) is 9.97 Å². The topological polar surface area (TPSA) is 89.1 Å². The quantitative estimate of drug-likeness (QED) is 0.703. The fourth-order valence-electron chi connectivity index (χ4n) is 0.987. The van der Waals surface area contributed by atoms with Crippen molar-refractivity contribution in [1.82, 2.24) is 9.97 Å². The molecule has 13 heavy (non-hydrogen) atoms. The highest BCUT2D eigenvalue weighted by Crippen LogP contribution is 2.03. The Hall–Kier alpha value is -1.65. The van der Waals surface area contributed by atoms with Gasteiger partial charge in [-0.05, 0) is 6.92 Å². The van der Waals surface area contributed by atoms with E-state index in [-0.39, 0.29) is 6.42 Å². The average Bonchev–Trinajstić information content (AvgIpc) is 1.99. The molecule has 1 heterocycles. The van der Waals surface area contributed by atoms with Crippen LogP contribution in [0.5, 0.6) is 0 Å². The van der Waals surface area contributed by atoms with E-state index in [1.54, 1.807) is 13.0 Å². The van der Waals surface area contributed by atoms with Gasteiger partial charge in [0, 0.05) is 18.2 Å². The van der Waals surface area contributed by atoms with Gasteiger partial charge in [0.25, 0.3) is 0 Å². The predicted octanol–water partition coefficient (Wildman–Crippen LogP) is 0.384. The molecule has 0 amide bonds. The van der Waals surface area contributed by atoms with Crippen LogP contribution in [0.25, 0.3) is 0 Å². The number of nitrogens with two attached hydrogens (primary N) is 1. The molecule has 3 N–H and O–H groups in total. The summed E-state index contributed by atoms with van der Waals surface area (Å²) in [4.78, 5) is 18.2. The smallest absolute Gasteiger partial charge is 0.303 e. The van der Waals surface area contributed by atoms with Crippen molar-refractivity contribution in [3.63, 3.8) is 0 Å². The van der Waals surface area contributed by atoms with Gasteiger partial charge in [0.1, 0.15) is 11.6 Å². The van der Waals surface area contributed by atoms with Gasteiger partial charge in [-0.2, -0.15) is 0 Å². The van der Waals surface area contributed by atoms with Crippen LogP contribution in [0.4, 0.5) is 5.82 Å². The molecule has 1 rings (SSSR count). The molecule has 5 nitrogen and oxygen atoms in total. The molecule has 0 spiro atoms. The van der Waals surface area contributed by atoms with Gasteiger partial charge in [0.15, 0.2) is 0 Å². The summed E-state index contributed by atoms with van der Waals surface area (Å²) < 4.78 is 0. The molecule has 5 heteroatoms. The third-order valence-electron chi connectivity index (χ3n) is 1.48. The fraction of sp³-hybridized carbons (Fsp3) is 0.375. The number of aliphatic carboxylic acids is 1. The van der Waals surface area contributed by atoms with Gasteiger partial charge in [-0.3, -0.25) is 4.79 Å². The number of aromatic nitrogens is 2. The summed E-state index contributed by atoms with van der Waals surface area (Å²) in [6.45, 7) is 1.79. The standard InChI is InChI=1S/C8H11N3O2/c1-5-4-6(9)11-7(10-5)2-3-8(12)13/h4H,2-3H2,1H3,(H,12,13)(H2,9,10,11). The summed E-state index contributed by atoms with van der Waals surface area (Å²) in [5.41, 5.74) is 6.22. The van der Waals surface area contributed by atoms with E-state index in [9.17, 15) is 4.79 Å². The van der Waals surface area contributed by atoms with Crippen LogP contribution in [0.2, 0.25) is 0 Å². The van der Waals surface area contributed by atoms with Crippen LogP contribution >= 0.6 is 0 Å². The lowest BCUT2D eigenvalue weighted by molar-refractivity contribution is -0.137. The maximum Gasteiger partial charge on any atom is 0.303 e. The third kappa shape index (κ3) is 3.06. The molecule has 0 radical (unpaired) electrons. The Morgan fingerprint density at radius 3 is 2.85 bits per heavy atom. The van der Waals surface area contributed by atoms with Crippen molar-refractivity contribution < 1.29 is 9.90 Å². The summed E-state index contributed by atoms with van der Waals surface area (Å²) in [6.07, 6.45) is 0.351. The Balaban J connectivity index is 2.71. The molecule has 0 aromatic carbocycles. The van der Waals surface area contributed by atoms with Gasteiger partial charge in [-0.15, -0.1) is 0 Å². The zero-order valence-electron chi connectivity index (χ0n) is 7.32. The average molecular weight is 181 g/mol. The largest absolute Gasteiger partial charge is 0.481 e. The van der Waals surface area contributed by atoms with Crippen molar-refractivity contribution in [1.29, 1.82) is 0 Å². The molecule has 0 saturated carbocycles. The fourth-order valence-corrected chi connectivity index (χ4v) is 0.987. The summed E-state index contributed by atoms with van der Waals surface area (Å²) >= 11 is 0. The second kappa shape index (κ2) is 3.84. The summed E-state index contributed by atoms with van der Waals surface area (Å²) in [5.74, 6) is 0.0106. The highest BCUT2D eigenvalue weighted by Gasteiger charge is 2.03. The number of hydrogen-bond acceptors (Lipinski definition) is 4. The first-order chi connectivity index (χ1) is 6.08. The van der Waals surface area contributed by atoms with E-state index in [2.05, 4.69) is 9.97 Å². The minimum atomic E-state index is -0.858. The molecule has 0 unspecified atom stereocenters. The predicted molar refractivity (Wildman–Crippen MR) is 47.1 cm³/mol. The maximum absolute atomic E-state index is 10.3. The van der Waals surface area contributed by atoms with E-state index < -0.39 is 5.97 Å². The number of nitrogens with zero attached hydrogens (tertiary/aromatic N) is 2. The monoisotopic (exact) mass is 181 g/mol. The van der Waals surface area contributed by atoms with Crippen molar-refractivity contribution in [2.24, 2.45) is 0 Å². The SMILES string of the molecule is Cc1cc(N)nc(CCC(=O)O)n1. The maximum atomic E-state index is 10.3. The van der Waals surface area contributed by atoms with E-state index in [4.69, 9.17) is 10.8 Å². The molecule has 0 atom stereocenters. The number of anilines is 1. The Morgan fingerprint density at radius 2 is 2.31 bits per heavy atom. The number of carboxylic acid groups (broad SMARTS) is 1. The van der Waals surface area contributed by atoms with E-state index in [1.165, 1.54) is 0 Å². The Labute approximate surface area is 75.6 Å². The normalized spacial score (nSPS) is 9.92. The first-order valence-electron chi connectivity index (χ1n) is 3.90. The highest BCUT2D eigenvalue weighted by molar-refractivity contribution is 5.66. The molecule has 0 aliphatic rings. The molecular formula is C8H11N3O2. The number of nitrogen functional groups attached to an aromatic ring is 1. The van der Waals surface area contributed by atoms with Gasteiger partial charge in [0.2, 0.25) is 0 Å². The van der Waals surface area contributed by atoms with E-state index in [0.29, 0.717) is 18.1 Å². The van der Waals surface area contributed by atoms with Crippen LogP contribution in [0, 0.1) is 6.92 Å². The molecule has 0 bridgehead atoms. The van der Waals surface area contributed by atoms with Crippen LogP contribution in [-0.4, -0.2) is 21.0 Å². The lowest BCUT2D eigenvalue weighted by Gasteiger charge is -2.00. The molecular weight excluding hydrogens is 170 g/mol. The minimum absolute atomic E-state index is 0.0306. The molecule has 1 aromatic rings. The summed E-state index contributed by atoms with van der Waals surface area (Å²) in [5, 5.41) is 8.43. The molecule has 0 saturated heterocycles. The second-order valence-electron chi connectivity index (χ2n) is 2.74. The first kappa shape index (κ1) is 9.44. The lowest BCUT2D eigenvalue weighted by Crippen LogP contribution is -2.04. The van der Waals surface area contributed by atoms with Crippen LogP contribution in [0.3, 0.4) is 0 Å². The van der Waals surface area contributed by atoms with Gasteiger partial charge >= 0.3 is 5.97 Å². The Bertz CT molecular complexity index is 305. The zero-order valence-corrected chi connectivity index (χ0v) is 7.32. The van der Waals surface area contributed by atoms with Gasteiger partial charge in [-0.1, -0.05) is 0 Å². The van der Waals surface area contributed by atoms with Crippen molar-refractivity contribution in [2.45, 2.75) is 19.8 Å². The van der Waals surface area contributed by atoms with E-state index >= 15 is 0 Å². The second-order valence-corrected chi connectivity index (χ2v) is 2.74. The zero-order chi connectivity index (χ0) is 9.84. The summed E-state index contributed by atoms with van der Waals surface area (Å²) in [6, 6.07) is 1.64. The molecule has 70 valence electrons. The Kier molecular flexibility index (Phi) is 2.79. The number of carbonyl (C=O) groups is 1. The van der Waals surface area contributed by atoms with Gasteiger partial charge in [0.05, 0.1) is 6.42 Å². The Morgan fingerprint density at radius 1 is 1.62 bits per heavy atom. The van der Waals surface area contributed by atoms with E-state index in [0.717, 1.165) is 5.69 Å². The van der Waals surface area contributed by atoms with Gasteiger partial charge < -0.3 is 10.8 Å². The van der Waals surface area contributed by atoms with Crippen LogP contribution in [0.15, 0.2) is 6.07 Å². The molecule has 0 aliphatic heterocycles. The number of carboxylic acids is 1. The highest BCUT2D eigenvalue weighted by atomic mass is 16.4. The van der Waals surface area contributed by atoms with Crippen LogP contribution < -0.4 is 5.73 Å². The summed E-state index contributed by atoms with van der Waals surface area (Å²) in [7, 11) is 0. The molecule has 0 aliphatic carbocycles. The first-order valence-corrected chi connectivity index (χ1v) is 3.90.